The van der Waals surface area contributed by atoms with Crippen LogP contribution < -0.4 is 17.0 Å². The van der Waals surface area contributed by atoms with Crippen LogP contribution in [-0.4, -0.2) is 33.3 Å². The van der Waals surface area contributed by atoms with Crippen LogP contribution in [0.1, 0.15) is 39.7 Å². The summed E-state index contributed by atoms with van der Waals surface area (Å²) in [5, 5.41) is 2.06. The maximum atomic E-state index is 12.7. The van der Waals surface area contributed by atoms with E-state index in [9.17, 15) is 14.4 Å². The summed E-state index contributed by atoms with van der Waals surface area (Å²) in [4.78, 5) is 42.3. The molecule has 0 spiro atoms. The molecule has 1 aliphatic carbocycles. The number of nitrogens with zero attached hydrogens (tertiary/aromatic N) is 2. The van der Waals surface area contributed by atoms with Crippen LogP contribution in [0.15, 0.2) is 21.0 Å². The van der Waals surface area contributed by atoms with Crippen LogP contribution in [0, 0.1) is 0 Å². The Kier molecular flexibility index (Phi) is 3.65. The van der Waals surface area contributed by atoms with Crippen molar-refractivity contribution in [2.24, 2.45) is 0 Å². The summed E-state index contributed by atoms with van der Waals surface area (Å²) in [7, 11) is 0. The highest BCUT2D eigenvalue weighted by Gasteiger charge is 2.30. The van der Waals surface area contributed by atoms with Gasteiger partial charge in [-0.05, 0) is 36.3 Å². The maximum absolute atomic E-state index is 12.7. The number of Topliss-reactive ketones (excluding diaryl/α,β-unsaturated/α-hetero) is 1. The Morgan fingerprint density at radius 2 is 2.17 bits per heavy atom. The maximum Gasteiger partial charge on any atom is 0.330 e. The Balaban J connectivity index is 1.60. The van der Waals surface area contributed by atoms with Gasteiger partial charge in [-0.2, -0.15) is 0 Å². The molecule has 0 amide bonds. The number of nitrogens with two attached hydrogens (primary N) is 1. The third-order valence-corrected chi connectivity index (χ3v) is 5.65. The van der Waals surface area contributed by atoms with Gasteiger partial charge in [-0.3, -0.25) is 24.0 Å². The topological polar surface area (TPSA) is 101 Å². The van der Waals surface area contributed by atoms with Crippen molar-refractivity contribution >= 4 is 22.9 Å². The molecule has 1 saturated carbocycles. The van der Waals surface area contributed by atoms with Crippen LogP contribution in [0.25, 0.3) is 0 Å². The molecule has 3 N–H and O–H groups in total. The predicted molar refractivity (Wildman–Crippen MR) is 91.6 cm³/mol. The van der Waals surface area contributed by atoms with E-state index >= 15 is 0 Å². The molecule has 2 aromatic rings. The highest BCUT2D eigenvalue weighted by atomic mass is 32.1. The minimum Gasteiger partial charge on any atom is -0.384 e. The van der Waals surface area contributed by atoms with Gasteiger partial charge in [0.15, 0.2) is 5.78 Å². The number of hydrogen-bond donors (Lipinski definition) is 2. The van der Waals surface area contributed by atoms with Crippen molar-refractivity contribution in [2.45, 2.75) is 31.8 Å². The van der Waals surface area contributed by atoms with Gasteiger partial charge < -0.3 is 5.73 Å². The van der Waals surface area contributed by atoms with Gasteiger partial charge in [0.25, 0.3) is 5.56 Å². The lowest BCUT2D eigenvalue weighted by atomic mass is 10.1. The van der Waals surface area contributed by atoms with E-state index in [0.29, 0.717) is 6.54 Å². The summed E-state index contributed by atoms with van der Waals surface area (Å²) in [6.07, 6.45) is 2.60. The van der Waals surface area contributed by atoms with Crippen molar-refractivity contribution in [1.82, 2.24) is 14.5 Å². The molecule has 2 aromatic heterocycles. The lowest BCUT2D eigenvalue weighted by molar-refractivity contribution is 0.0920. The zero-order valence-electron chi connectivity index (χ0n) is 13.1. The molecule has 0 radical (unpaired) electrons. The zero-order valence-corrected chi connectivity index (χ0v) is 13.9. The molecule has 7 nitrogen and oxygen atoms in total. The first-order valence-electron chi connectivity index (χ1n) is 7.99. The number of carbonyl (C=O) groups excluding carboxylic acids is 1. The van der Waals surface area contributed by atoms with E-state index in [1.54, 1.807) is 11.3 Å². The smallest absolute Gasteiger partial charge is 0.330 e. The Hall–Kier alpha value is -2.19. The van der Waals surface area contributed by atoms with Crippen LogP contribution in [0.4, 0.5) is 5.82 Å². The summed E-state index contributed by atoms with van der Waals surface area (Å²) in [5.74, 6) is -0.327. The van der Waals surface area contributed by atoms with Gasteiger partial charge in [-0.1, -0.05) is 0 Å². The van der Waals surface area contributed by atoms with E-state index in [2.05, 4.69) is 16.4 Å². The van der Waals surface area contributed by atoms with Crippen molar-refractivity contribution in [1.29, 1.82) is 0 Å². The van der Waals surface area contributed by atoms with Gasteiger partial charge >= 0.3 is 5.69 Å². The van der Waals surface area contributed by atoms with Gasteiger partial charge in [0, 0.05) is 24.0 Å². The van der Waals surface area contributed by atoms with Gasteiger partial charge in [0.2, 0.25) is 0 Å². The molecule has 8 heteroatoms. The first-order valence-corrected chi connectivity index (χ1v) is 8.87. The van der Waals surface area contributed by atoms with E-state index in [1.807, 2.05) is 4.90 Å². The fourth-order valence-electron chi connectivity index (χ4n) is 3.25. The number of nitrogens with one attached hydrogen (secondary N) is 1. The van der Waals surface area contributed by atoms with Gasteiger partial charge in [0.1, 0.15) is 11.4 Å². The number of nitrogen functional groups attached to an aromatic ring is 1. The molecule has 24 heavy (non-hydrogen) atoms. The van der Waals surface area contributed by atoms with Crippen LogP contribution in [0.3, 0.4) is 0 Å². The molecule has 0 bridgehead atoms. The molecule has 4 rings (SSSR count). The lowest BCUT2D eigenvalue weighted by Crippen LogP contribution is -2.40. The molecule has 0 aromatic carbocycles. The van der Waals surface area contributed by atoms with Gasteiger partial charge in [0.05, 0.1) is 6.54 Å². The standard InChI is InChI=1S/C16H18N4O3S/c17-14-13(15(22)18-16(23)20(14)10-1-2-10)11(21)8-19-5-3-12-9(7-19)4-6-24-12/h4,6,10H,1-3,5,7-8,17H2,(H,18,22,23). The van der Waals surface area contributed by atoms with Crippen molar-refractivity contribution in [3.8, 4) is 0 Å². The summed E-state index contributed by atoms with van der Waals surface area (Å²) in [5.41, 5.74) is 5.93. The predicted octanol–water partition coefficient (Wildman–Crippen LogP) is 0.756. The van der Waals surface area contributed by atoms with Crippen LogP contribution >= 0.6 is 11.3 Å². The fraction of sp³-hybridized carbons (Fsp3) is 0.438. The van der Waals surface area contributed by atoms with E-state index < -0.39 is 11.2 Å². The van der Waals surface area contributed by atoms with Crippen molar-refractivity contribution in [2.75, 3.05) is 18.8 Å². The molecule has 0 unspecified atom stereocenters. The SMILES string of the molecule is Nc1c(C(=O)CN2CCc3sccc3C2)c(=O)[nH]c(=O)n1C1CC1. The molecular formula is C16H18N4O3S. The highest BCUT2D eigenvalue weighted by molar-refractivity contribution is 7.10. The average molecular weight is 346 g/mol. The number of aromatic nitrogens is 2. The molecule has 1 aliphatic heterocycles. The van der Waals surface area contributed by atoms with Crippen molar-refractivity contribution in [3.05, 3.63) is 48.3 Å². The summed E-state index contributed by atoms with van der Waals surface area (Å²) in [6, 6.07) is 2.08. The number of ketones is 1. The third-order valence-electron chi connectivity index (χ3n) is 4.63. The Morgan fingerprint density at radius 3 is 2.92 bits per heavy atom. The van der Waals surface area contributed by atoms with Crippen molar-refractivity contribution < 1.29 is 4.79 Å². The quantitative estimate of drug-likeness (QED) is 0.796. The number of anilines is 1. The minimum atomic E-state index is -0.687. The van der Waals surface area contributed by atoms with Gasteiger partial charge in [-0.25, -0.2) is 4.79 Å². The van der Waals surface area contributed by atoms with Gasteiger partial charge in [-0.15, -0.1) is 11.3 Å². The Morgan fingerprint density at radius 1 is 1.38 bits per heavy atom. The number of carbonyl (C=O) groups is 1. The average Bonchev–Trinajstić information content (AvgIpc) is 3.23. The van der Waals surface area contributed by atoms with E-state index in [1.165, 1.54) is 15.0 Å². The first-order chi connectivity index (χ1) is 11.5. The third kappa shape index (κ3) is 2.61. The zero-order chi connectivity index (χ0) is 16.8. The Bertz CT molecular complexity index is 922. The summed E-state index contributed by atoms with van der Waals surface area (Å²) < 4.78 is 1.35. The number of thiophene rings is 1. The molecule has 126 valence electrons. The number of hydrogen-bond acceptors (Lipinski definition) is 6. The molecular weight excluding hydrogens is 328 g/mol. The van der Waals surface area contributed by atoms with Crippen molar-refractivity contribution in [3.63, 3.8) is 0 Å². The van der Waals surface area contributed by atoms with Crippen LogP contribution in [0.5, 0.6) is 0 Å². The van der Waals surface area contributed by atoms with E-state index in [4.69, 9.17) is 5.73 Å². The number of fused-ring (bicyclic) bond motifs is 1. The second-order valence-electron chi connectivity index (χ2n) is 6.37. The summed E-state index contributed by atoms with van der Waals surface area (Å²) >= 11 is 1.74. The highest BCUT2D eigenvalue weighted by Crippen LogP contribution is 2.35. The number of H-pyrrole nitrogens is 1. The second kappa shape index (κ2) is 5.71. The first kappa shape index (κ1) is 15.3. The molecule has 1 fully saturated rings. The van der Waals surface area contributed by atoms with Crippen LogP contribution in [-0.2, 0) is 13.0 Å². The molecule has 3 heterocycles. The minimum absolute atomic E-state index is 0.00394. The molecule has 0 atom stereocenters. The largest absolute Gasteiger partial charge is 0.384 e. The summed E-state index contributed by atoms with van der Waals surface area (Å²) in [6.45, 7) is 1.61. The van der Waals surface area contributed by atoms with E-state index in [-0.39, 0.29) is 29.8 Å². The monoisotopic (exact) mass is 346 g/mol. The van der Waals surface area contributed by atoms with Crippen LogP contribution in [0.2, 0.25) is 0 Å². The second-order valence-corrected chi connectivity index (χ2v) is 7.37. The number of rotatable bonds is 4. The number of aromatic amines is 1. The normalized spacial score (nSPS) is 17.7. The fourth-order valence-corrected chi connectivity index (χ4v) is 4.14. The Labute approximate surface area is 141 Å². The molecule has 2 aliphatic rings. The lowest BCUT2D eigenvalue weighted by Gasteiger charge is -2.26. The van der Waals surface area contributed by atoms with E-state index in [0.717, 1.165) is 25.8 Å². The molecule has 0 saturated heterocycles.